The number of aromatic hydroxyl groups is 1. The second-order valence-corrected chi connectivity index (χ2v) is 2.82. The molecular weight excluding hydrogens is 173 g/mol. The first kappa shape index (κ1) is 9.95. The summed E-state index contributed by atoms with van der Waals surface area (Å²) in [5.74, 6) is -1.07. The molecule has 13 heavy (non-hydrogen) atoms. The zero-order chi connectivity index (χ0) is 9.84. The standard InChI is InChI=1S/C9H12FNO2/c10-9-3-7(13)1-2-8(9)6(4-11)5-12/h1-3,6,12-13H,4-5,11H2. The molecule has 0 amide bonds. The third-order valence-electron chi connectivity index (χ3n) is 1.93. The van der Waals surface area contributed by atoms with E-state index >= 15 is 0 Å². The summed E-state index contributed by atoms with van der Waals surface area (Å²) in [6, 6.07) is 3.81. The Labute approximate surface area is 75.6 Å². The minimum Gasteiger partial charge on any atom is -0.508 e. The summed E-state index contributed by atoms with van der Waals surface area (Å²) < 4.78 is 13.1. The zero-order valence-electron chi connectivity index (χ0n) is 7.07. The number of phenols is 1. The van der Waals surface area contributed by atoms with Crippen LogP contribution in [0.3, 0.4) is 0 Å². The number of aliphatic hydroxyl groups excluding tert-OH is 1. The summed E-state index contributed by atoms with van der Waals surface area (Å²) >= 11 is 0. The number of hydrogen-bond acceptors (Lipinski definition) is 3. The van der Waals surface area contributed by atoms with Crippen molar-refractivity contribution in [1.82, 2.24) is 0 Å². The average Bonchev–Trinajstić information content (AvgIpc) is 2.10. The molecule has 1 rings (SSSR count). The highest BCUT2D eigenvalue weighted by molar-refractivity contribution is 5.30. The molecule has 0 aliphatic rings. The van der Waals surface area contributed by atoms with Crippen molar-refractivity contribution in [1.29, 1.82) is 0 Å². The molecule has 1 aromatic rings. The number of hydrogen-bond donors (Lipinski definition) is 3. The van der Waals surface area contributed by atoms with Crippen LogP contribution in [0.5, 0.6) is 5.75 Å². The van der Waals surface area contributed by atoms with Gasteiger partial charge in [0.25, 0.3) is 0 Å². The topological polar surface area (TPSA) is 66.5 Å². The Bertz CT molecular complexity index is 287. The van der Waals surface area contributed by atoms with Gasteiger partial charge < -0.3 is 15.9 Å². The number of nitrogens with two attached hydrogens (primary N) is 1. The first-order valence-electron chi connectivity index (χ1n) is 3.98. The van der Waals surface area contributed by atoms with E-state index in [1.807, 2.05) is 0 Å². The van der Waals surface area contributed by atoms with Crippen LogP contribution < -0.4 is 5.73 Å². The van der Waals surface area contributed by atoms with Gasteiger partial charge in [0.05, 0.1) is 6.61 Å². The smallest absolute Gasteiger partial charge is 0.130 e. The van der Waals surface area contributed by atoms with E-state index in [9.17, 15) is 4.39 Å². The molecule has 72 valence electrons. The Morgan fingerprint density at radius 2 is 2.15 bits per heavy atom. The molecule has 4 heteroatoms. The Morgan fingerprint density at radius 1 is 1.46 bits per heavy atom. The highest BCUT2D eigenvalue weighted by Crippen LogP contribution is 2.21. The number of benzene rings is 1. The van der Waals surface area contributed by atoms with E-state index in [0.717, 1.165) is 6.07 Å². The molecule has 0 fully saturated rings. The molecule has 0 spiro atoms. The van der Waals surface area contributed by atoms with E-state index in [2.05, 4.69) is 0 Å². The number of aliphatic hydroxyl groups is 1. The number of phenolic OH excluding ortho intramolecular Hbond substituents is 1. The van der Waals surface area contributed by atoms with Gasteiger partial charge in [0, 0.05) is 18.5 Å². The van der Waals surface area contributed by atoms with Crippen LogP contribution in [0, 0.1) is 5.82 Å². The molecule has 1 atom stereocenters. The predicted octanol–water partition coefficient (Wildman–Crippen LogP) is 0.566. The maximum Gasteiger partial charge on any atom is 0.130 e. The zero-order valence-corrected chi connectivity index (χ0v) is 7.07. The molecule has 0 aliphatic carbocycles. The minimum atomic E-state index is -0.537. The van der Waals surface area contributed by atoms with Crippen molar-refractivity contribution in [2.75, 3.05) is 13.2 Å². The Balaban J connectivity index is 2.99. The van der Waals surface area contributed by atoms with Crippen molar-refractivity contribution in [3.8, 4) is 5.75 Å². The van der Waals surface area contributed by atoms with Crippen LogP contribution in [0.25, 0.3) is 0 Å². The van der Waals surface area contributed by atoms with Crippen LogP contribution in [0.15, 0.2) is 18.2 Å². The van der Waals surface area contributed by atoms with E-state index in [4.69, 9.17) is 15.9 Å². The maximum absolute atomic E-state index is 13.1. The Morgan fingerprint density at radius 3 is 2.62 bits per heavy atom. The summed E-state index contributed by atoms with van der Waals surface area (Å²) in [6.45, 7) is -0.0175. The van der Waals surface area contributed by atoms with Crippen LogP contribution in [0.2, 0.25) is 0 Å². The maximum atomic E-state index is 13.1. The van der Waals surface area contributed by atoms with Crippen molar-refractivity contribution in [3.63, 3.8) is 0 Å². The van der Waals surface area contributed by atoms with Crippen molar-refractivity contribution >= 4 is 0 Å². The van der Waals surface area contributed by atoms with Gasteiger partial charge in [0.2, 0.25) is 0 Å². The van der Waals surface area contributed by atoms with Crippen molar-refractivity contribution in [2.45, 2.75) is 5.92 Å². The normalized spacial score (nSPS) is 12.8. The quantitative estimate of drug-likeness (QED) is 0.644. The van der Waals surface area contributed by atoms with Crippen molar-refractivity contribution < 1.29 is 14.6 Å². The van der Waals surface area contributed by atoms with Crippen LogP contribution in [-0.4, -0.2) is 23.4 Å². The second-order valence-electron chi connectivity index (χ2n) is 2.82. The second kappa shape index (κ2) is 4.20. The third kappa shape index (κ3) is 2.17. The van der Waals surface area contributed by atoms with Gasteiger partial charge >= 0.3 is 0 Å². The summed E-state index contributed by atoms with van der Waals surface area (Å²) in [5, 5.41) is 17.8. The monoisotopic (exact) mass is 185 g/mol. The molecule has 1 aromatic carbocycles. The molecule has 0 bridgehead atoms. The largest absolute Gasteiger partial charge is 0.508 e. The summed E-state index contributed by atoms with van der Waals surface area (Å²) in [4.78, 5) is 0. The van der Waals surface area contributed by atoms with E-state index in [0.29, 0.717) is 5.56 Å². The van der Waals surface area contributed by atoms with Gasteiger partial charge in [0.1, 0.15) is 11.6 Å². The van der Waals surface area contributed by atoms with Gasteiger partial charge in [-0.15, -0.1) is 0 Å². The molecule has 0 radical (unpaired) electrons. The molecule has 3 nitrogen and oxygen atoms in total. The first-order valence-corrected chi connectivity index (χ1v) is 3.98. The van der Waals surface area contributed by atoms with Gasteiger partial charge in [0.15, 0.2) is 0 Å². The summed E-state index contributed by atoms with van der Waals surface area (Å²) in [6.07, 6.45) is 0. The highest BCUT2D eigenvalue weighted by Gasteiger charge is 2.13. The molecule has 0 saturated carbocycles. The van der Waals surface area contributed by atoms with Crippen LogP contribution >= 0.6 is 0 Å². The van der Waals surface area contributed by atoms with Gasteiger partial charge in [-0.2, -0.15) is 0 Å². The van der Waals surface area contributed by atoms with Gasteiger partial charge in [-0.1, -0.05) is 6.07 Å². The number of rotatable bonds is 3. The summed E-state index contributed by atoms with van der Waals surface area (Å²) in [5.41, 5.74) is 5.67. The van der Waals surface area contributed by atoms with E-state index in [1.165, 1.54) is 12.1 Å². The van der Waals surface area contributed by atoms with Crippen LogP contribution in [0.4, 0.5) is 4.39 Å². The van der Waals surface area contributed by atoms with Gasteiger partial charge in [-0.3, -0.25) is 0 Å². The van der Waals surface area contributed by atoms with Crippen molar-refractivity contribution in [3.05, 3.63) is 29.6 Å². The van der Waals surface area contributed by atoms with Crippen LogP contribution in [-0.2, 0) is 0 Å². The lowest BCUT2D eigenvalue weighted by Crippen LogP contribution is -2.17. The molecular formula is C9H12FNO2. The molecule has 0 aliphatic heterocycles. The van der Waals surface area contributed by atoms with E-state index in [-0.39, 0.29) is 18.9 Å². The molecule has 0 saturated heterocycles. The van der Waals surface area contributed by atoms with Gasteiger partial charge in [-0.05, 0) is 11.6 Å². The lowest BCUT2D eigenvalue weighted by molar-refractivity contribution is 0.265. The van der Waals surface area contributed by atoms with Gasteiger partial charge in [-0.25, -0.2) is 4.39 Å². The average molecular weight is 185 g/mol. The lowest BCUT2D eigenvalue weighted by atomic mass is 9.99. The summed E-state index contributed by atoms with van der Waals surface area (Å²) in [7, 11) is 0. The molecule has 0 aromatic heterocycles. The third-order valence-corrected chi connectivity index (χ3v) is 1.93. The predicted molar refractivity (Wildman–Crippen MR) is 46.9 cm³/mol. The lowest BCUT2D eigenvalue weighted by Gasteiger charge is -2.12. The SMILES string of the molecule is NCC(CO)c1ccc(O)cc1F. The Hall–Kier alpha value is -1.13. The Kier molecular flexibility index (Phi) is 3.22. The highest BCUT2D eigenvalue weighted by atomic mass is 19.1. The van der Waals surface area contributed by atoms with E-state index < -0.39 is 11.7 Å². The van der Waals surface area contributed by atoms with Crippen LogP contribution in [0.1, 0.15) is 11.5 Å². The van der Waals surface area contributed by atoms with Crippen molar-refractivity contribution in [2.24, 2.45) is 5.73 Å². The fourth-order valence-electron chi connectivity index (χ4n) is 1.15. The molecule has 0 heterocycles. The first-order chi connectivity index (χ1) is 6.19. The number of halogens is 1. The molecule has 1 unspecified atom stereocenters. The molecule has 4 N–H and O–H groups in total. The van der Waals surface area contributed by atoms with E-state index in [1.54, 1.807) is 0 Å². The minimum absolute atomic E-state index is 0.130. The fourth-order valence-corrected chi connectivity index (χ4v) is 1.15. The fraction of sp³-hybridized carbons (Fsp3) is 0.333.